The average molecular weight is 423 g/mol. The molecule has 6 nitrogen and oxygen atoms in total. The molecule has 0 bridgehead atoms. The van der Waals surface area contributed by atoms with E-state index in [2.05, 4.69) is 17.1 Å². The van der Waals surface area contributed by atoms with E-state index in [0.717, 1.165) is 0 Å². The summed E-state index contributed by atoms with van der Waals surface area (Å²) in [5.74, 6) is 0.976. The Morgan fingerprint density at radius 3 is 2.50 bits per heavy atom. The molecule has 0 aliphatic rings. The normalized spacial score (nSPS) is 10.6. The van der Waals surface area contributed by atoms with Gasteiger partial charge in [0.15, 0.2) is 17.2 Å². The molecule has 2 rings (SSSR count). The van der Waals surface area contributed by atoms with Crippen molar-refractivity contribution in [3.05, 3.63) is 64.2 Å². The fourth-order valence-electron chi connectivity index (χ4n) is 2.26. The zero-order valence-corrected chi connectivity index (χ0v) is 17.0. The monoisotopic (exact) mass is 422 g/mol. The van der Waals surface area contributed by atoms with E-state index in [1.807, 2.05) is 6.92 Å². The van der Waals surface area contributed by atoms with Crippen LogP contribution in [-0.4, -0.2) is 32.4 Å². The highest BCUT2D eigenvalue weighted by Crippen LogP contribution is 2.33. The van der Waals surface area contributed by atoms with E-state index in [4.69, 9.17) is 37.4 Å². The second-order valence-corrected chi connectivity index (χ2v) is 6.23. The minimum Gasteiger partial charge on any atom is -0.494 e. The fourth-order valence-corrected chi connectivity index (χ4v) is 2.92. The summed E-state index contributed by atoms with van der Waals surface area (Å²) in [6, 6.07) is 8.12. The van der Waals surface area contributed by atoms with Crippen molar-refractivity contribution in [2.24, 2.45) is 5.10 Å². The molecule has 1 amide bonds. The van der Waals surface area contributed by atoms with E-state index in [1.54, 1.807) is 36.4 Å². The Hall–Kier alpha value is -2.70. The van der Waals surface area contributed by atoms with Crippen LogP contribution in [0.1, 0.15) is 22.8 Å². The Kier molecular flexibility index (Phi) is 8.17. The smallest absolute Gasteiger partial charge is 0.271 e. The number of hydrogen-bond acceptors (Lipinski definition) is 5. The summed E-state index contributed by atoms with van der Waals surface area (Å²) >= 11 is 12.2. The number of methoxy groups -OCH3 is 1. The first-order chi connectivity index (χ1) is 13.5. The van der Waals surface area contributed by atoms with Gasteiger partial charge in [0.25, 0.3) is 5.91 Å². The van der Waals surface area contributed by atoms with Crippen molar-refractivity contribution in [2.45, 2.75) is 6.92 Å². The minimum atomic E-state index is -0.404. The van der Waals surface area contributed by atoms with Gasteiger partial charge in [-0.15, -0.1) is 0 Å². The molecule has 2 aromatic rings. The lowest BCUT2D eigenvalue weighted by Gasteiger charge is -2.12. The van der Waals surface area contributed by atoms with Gasteiger partial charge in [0.1, 0.15) is 6.61 Å². The number of carbonyl (C=O) groups is 1. The van der Waals surface area contributed by atoms with Crippen molar-refractivity contribution in [3.8, 4) is 17.2 Å². The van der Waals surface area contributed by atoms with Crippen LogP contribution in [0.4, 0.5) is 0 Å². The van der Waals surface area contributed by atoms with Crippen LogP contribution in [-0.2, 0) is 0 Å². The van der Waals surface area contributed by atoms with Crippen molar-refractivity contribution >= 4 is 35.3 Å². The summed E-state index contributed by atoms with van der Waals surface area (Å²) in [7, 11) is 1.48. The molecule has 0 saturated heterocycles. The fraction of sp³-hybridized carbons (Fsp3) is 0.200. The van der Waals surface area contributed by atoms with Crippen molar-refractivity contribution in [1.82, 2.24) is 5.43 Å². The number of ether oxygens (including phenoxy) is 3. The predicted molar refractivity (Wildman–Crippen MR) is 111 cm³/mol. The SMILES string of the molecule is C=CCOc1ccc(C(=O)N/N=C/c2cc(Cl)c(OC)c(Cl)c2)cc1OCC. The second kappa shape index (κ2) is 10.6. The number of benzene rings is 2. The van der Waals surface area contributed by atoms with Crippen molar-refractivity contribution < 1.29 is 19.0 Å². The molecule has 0 atom stereocenters. The molecule has 28 heavy (non-hydrogen) atoms. The topological polar surface area (TPSA) is 69.2 Å². The highest BCUT2D eigenvalue weighted by molar-refractivity contribution is 6.37. The Labute approximate surface area is 173 Å². The van der Waals surface area contributed by atoms with E-state index >= 15 is 0 Å². The quantitative estimate of drug-likeness (QED) is 0.360. The predicted octanol–water partition coefficient (Wildman–Crippen LogP) is 4.73. The first kappa shape index (κ1) is 21.6. The summed E-state index contributed by atoms with van der Waals surface area (Å²) in [5.41, 5.74) is 3.43. The molecule has 0 aromatic heterocycles. The van der Waals surface area contributed by atoms with Gasteiger partial charge in [-0.25, -0.2) is 5.43 Å². The van der Waals surface area contributed by atoms with Gasteiger partial charge in [-0.2, -0.15) is 5.10 Å². The van der Waals surface area contributed by atoms with Crippen molar-refractivity contribution in [2.75, 3.05) is 20.3 Å². The number of carbonyl (C=O) groups excluding carboxylic acids is 1. The lowest BCUT2D eigenvalue weighted by Crippen LogP contribution is -2.17. The maximum absolute atomic E-state index is 12.3. The van der Waals surface area contributed by atoms with Crippen LogP contribution in [0, 0.1) is 0 Å². The second-order valence-electron chi connectivity index (χ2n) is 5.41. The van der Waals surface area contributed by atoms with Crippen LogP contribution in [0.5, 0.6) is 17.2 Å². The molecule has 0 unspecified atom stereocenters. The van der Waals surface area contributed by atoms with Gasteiger partial charge in [0, 0.05) is 5.56 Å². The molecule has 0 radical (unpaired) electrons. The summed E-state index contributed by atoms with van der Waals surface area (Å²) < 4.78 is 16.1. The number of rotatable bonds is 9. The van der Waals surface area contributed by atoms with Crippen LogP contribution in [0.2, 0.25) is 10.0 Å². The highest BCUT2D eigenvalue weighted by atomic mass is 35.5. The standard InChI is InChI=1S/C20H20Cl2N2O4/c1-4-8-28-17-7-6-14(11-18(17)27-5-2)20(25)24-23-12-13-9-15(21)19(26-3)16(22)10-13/h4,6-7,9-12H,1,5,8H2,2-3H3,(H,24,25)/b23-12+. The highest BCUT2D eigenvalue weighted by Gasteiger charge is 2.11. The van der Waals surface area contributed by atoms with Crippen molar-refractivity contribution in [3.63, 3.8) is 0 Å². The molecule has 0 saturated carbocycles. The third kappa shape index (κ3) is 5.65. The first-order valence-corrected chi connectivity index (χ1v) is 9.12. The van der Waals surface area contributed by atoms with Gasteiger partial charge in [-0.05, 0) is 42.8 Å². The Bertz CT molecular complexity index is 861. The van der Waals surface area contributed by atoms with Crippen LogP contribution in [0.25, 0.3) is 0 Å². The van der Waals surface area contributed by atoms with Crippen molar-refractivity contribution in [1.29, 1.82) is 0 Å². The first-order valence-electron chi connectivity index (χ1n) is 8.37. The van der Waals surface area contributed by atoms with Gasteiger partial charge in [0.05, 0.1) is 30.0 Å². The van der Waals surface area contributed by atoms with Gasteiger partial charge < -0.3 is 14.2 Å². The molecule has 8 heteroatoms. The molecular formula is C20H20Cl2N2O4. The number of nitrogens with one attached hydrogen (secondary N) is 1. The molecule has 0 spiro atoms. The summed E-state index contributed by atoms with van der Waals surface area (Å²) in [6.07, 6.45) is 3.06. The van der Waals surface area contributed by atoms with Gasteiger partial charge in [-0.3, -0.25) is 4.79 Å². The molecule has 2 aromatic carbocycles. The van der Waals surface area contributed by atoms with E-state index in [9.17, 15) is 4.79 Å². The van der Waals surface area contributed by atoms with Gasteiger partial charge in [-0.1, -0.05) is 35.9 Å². The van der Waals surface area contributed by atoms with Gasteiger partial charge in [0.2, 0.25) is 0 Å². The summed E-state index contributed by atoms with van der Waals surface area (Å²) in [4.78, 5) is 12.3. The van der Waals surface area contributed by atoms with Gasteiger partial charge >= 0.3 is 0 Å². The lowest BCUT2D eigenvalue weighted by molar-refractivity contribution is 0.0954. The molecule has 1 N–H and O–H groups in total. The van der Waals surface area contributed by atoms with Crippen LogP contribution >= 0.6 is 23.2 Å². The maximum Gasteiger partial charge on any atom is 0.271 e. The van der Waals surface area contributed by atoms with E-state index in [-0.39, 0.29) is 0 Å². The third-order valence-corrected chi connectivity index (χ3v) is 4.03. The molecular weight excluding hydrogens is 403 g/mol. The number of hydrazone groups is 1. The summed E-state index contributed by atoms with van der Waals surface area (Å²) in [5, 5.41) is 4.63. The van der Waals surface area contributed by atoms with E-state index in [1.165, 1.54) is 13.3 Å². The maximum atomic E-state index is 12.3. The van der Waals surface area contributed by atoms with Crippen LogP contribution in [0.15, 0.2) is 48.1 Å². The largest absolute Gasteiger partial charge is 0.494 e. The number of hydrogen-bond donors (Lipinski definition) is 1. The van der Waals surface area contributed by atoms with E-state index < -0.39 is 5.91 Å². The molecule has 0 fully saturated rings. The molecule has 148 valence electrons. The Morgan fingerprint density at radius 2 is 1.89 bits per heavy atom. The number of amides is 1. The third-order valence-electron chi connectivity index (χ3n) is 3.47. The zero-order chi connectivity index (χ0) is 20.5. The minimum absolute atomic E-state index is 0.336. The molecule has 0 heterocycles. The Morgan fingerprint density at radius 1 is 1.18 bits per heavy atom. The van der Waals surface area contributed by atoms with E-state index in [0.29, 0.717) is 51.6 Å². The lowest BCUT2D eigenvalue weighted by atomic mass is 10.2. The van der Waals surface area contributed by atoms with Crippen LogP contribution < -0.4 is 19.6 Å². The molecule has 0 aliphatic heterocycles. The molecule has 0 aliphatic carbocycles. The summed E-state index contributed by atoms with van der Waals surface area (Å²) in [6.45, 7) is 6.23. The average Bonchev–Trinajstić information content (AvgIpc) is 2.67. The zero-order valence-electron chi connectivity index (χ0n) is 15.5. The Balaban J connectivity index is 2.11. The van der Waals surface area contributed by atoms with Crippen LogP contribution in [0.3, 0.4) is 0 Å². The number of nitrogens with zero attached hydrogens (tertiary/aromatic N) is 1. The number of halogens is 2.